The second-order valence-electron chi connectivity index (χ2n) is 7.88. The number of hydrogen-bond acceptors (Lipinski definition) is 7. The molecule has 0 aliphatic heterocycles. The molecular weight excluding hydrogens is 510 g/mol. The summed E-state index contributed by atoms with van der Waals surface area (Å²) in [7, 11) is 2.67. The van der Waals surface area contributed by atoms with E-state index in [0.29, 0.717) is 22.5 Å². The molecule has 0 heterocycles. The Labute approximate surface area is 224 Å². The summed E-state index contributed by atoms with van der Waals surface area (Å²) in [6.45, 7) is 1.55. The van der Waals surface area contributed by atoms with Gasteiger partial charge in [0.1, 0.15) is 11.6 Å². The number of nitrogens with zero attached hydrogens (tertiary/aromatic N) is 1. The molecule has 2 N–H and O–H groups in total. The van der Waals surface area contributed by atoms with E-state index in [1.165, 1.54) is 56.7 Å². The zero-order chi connectivity index (χ0) is 27.7. The van der Waals surface area contributed by atoms with E-state index in [4.69, 9.17) is 21.1 Å². The lowest BCUT2D eigenvalue weighted by Gasteiger charge is -2.14. The molecule has 0 aliphatic carbocycles. The van der Waals surface area contributed by atoms with Crippen LogP contribution in [0.15, 0.2) is 66.2 Å². The van der Waals surface area contributed by atoms with E-state index >= 15 is 0 Å². The van der Waals surface area contributed by atoms with Gasteiger partial charge in [0, 0.05) is 11.4 Å². The number of aryl methyl sites for hydroxylation is 1. The fourth-order valence-electron chi connectivity index (χ4n) is 3.32. The second-order valence-corrected chi connectivity index (χ2v) is 8.29. The quantitative estimate of drug-likeness (QED) is 0.225. The van der Waals surface area contributed by atoms with Crippen LogP contribution in [0.25, 0.3) is 6.08 Å². The van der Waals surface area contributed by atoms with E-state index in [1.807, 2.05) is 31.2 Å². The number of amides is 2. The van der Waals surface area contributed by atoms with Crippen molar-refractivity contribution in [2.75, 3.05) is 31.5 Å². The van der Waals surface area contributed by atoms with Gasteiger partial charge >= 0.3 is 5.97 Å². The van der Waals surface area contributed by atoms with E-state index in [0.717, 1.165) is 5.56 Å². The summed E-state index contributed by atoms with van der Waals surface area (Å²) in [6.07, 6.45) is 1.33. The number of nitrogens with one attached hydrogen (secondary N) is 2. The van der Waals surface area contributed by atoms with Gasteiger partial charge in [0.05, 0.1) is 24.8 Å². The van der Waals surface area contributed by atoms with E-state index in [1.54, 1.807) is 6.07 Å². The number of carbonyl (C=O) groups is 3. The molecule has 0 saturated carbocycles. The number of benzene rings is 3. The van der Waals surface area contributed by atoms with Crippen LogP contribution in [-0.2, 0) is 14.3 Å². The van der Waals surface area contributed by atoms with Gasteiger partial charge in [-0.3, -0.25) is 9.59 Å². The van der Waals surface area contributed by atoms with Gasteiger partial charge in [-0.15, -0.1) is 0 Å². The van der Waals surface area contributed by atoms with Crippen molar-refractivity contribution in [3.05, 3.63) is 87.9 Å². The minimum Gasteiger partial charge on any atom is -0.493 e. The number of anilines is 2. The van der Waals surface area contributed by atoms with Crippen molar-refractivity contribution in [1.82, 2.24) is 0 Å². The van der Waals surface area contributed by atoms with Crippen LogP contribution in [0.1, 0.15) is 21.5 Å². The Kier molecular flexibility index (Phi) is 9.46. The maximum Gasteiger partial charge on any atom is 0.337 e. The molecular formula is C28H24ClN3O6. The summed E-state index contributed by atoms with van der Waals surface area (Å²) >= 11 is 6.38. The third kappa shape index (κ3) is 7.12. The van der Waals surface area contributed by atoms with Gasteiger partial charge in [-0.1, -0.05) is 29.8 Å². The molecule has 0 spiro atoms. The Morgan fingerprint density at radius 3 is 2.37 bits per heavy atom. The molecule has 3 rings (SSSR count). The summed E-state index contributed by atoms with van der Waals surface area (Å²) in [5, 5.41) is 15.0. The van der Waals surface area contributed by atoms with Gasteiger partial charge in [-0.25, -0.2) is 4.79 Å². The van der Waals surface area contributed by atoms with Gasteiger partial charge in [0.25, 0.3) is 11.8 Å². The van der Waals surface area contributed by atoms with Crippen LogP contribution in [-0.4, -0.2) is 38.6 Å². The van der Waals surface area contributed by atoms with Crippen molar-refractivity contribution in [1.29, 1.82) is 5.26 Å². The first kappa shape index (κ1) is 27.8. The monoisotopic (exact) mass is 533 g/mol. The molecule has 2 amide bonds. The molecule has 3 aromatic carbocycles. The summed E-state index contributed by atoms with van der Waals surface area (Å²) in [4.78, 5) is 36.6. The van der Waals surface area contributed by atoms with Crippen LogP contribution < -0.4 is 20.1 Å². The highest BCUT2D eigenvalue weighted by Crippen LogP contribution is 2.37. The molecule has 194 valence electrons. The molecule has 3 aromatic rings. The Hall–Kier alpha value is -4.81. The Morgan fingerprint density at radius 2 is 1.74 bits per heavy atom. The van der Waals surface area contributed by atoms with Crippen molar-refractivity contribution >= 4 is 46.8 Å². The van der Waals surface area contributed by atoms with Crippen molar-refractivity contribution in [3.8, 4) is 17.6 Å². The standard InChI is InChI=1S/C28H24ClN3O6/c1-17-6-4-5-7-23(17)32-25(33)16-38-26-22(29)13-18(14-24(26)36-2)12-20(15-30)27(34)31-21-10-8-19(9-11-21)28(35)37-3/h4-14H,16H2,1-3H3,(H,31,34)(H,32,33)/b20-12-. The highest BCUT2D eigenvalue weighted by atomic mass is 35.5. The van der Waals surface area contributed by atoms with Gasteiger partial charge in [0.15, 0.2) is 18.1 Å². The first-order chi connectivity index (χ1) is 18.2. The first-order valence-corrected chi connectivity index (χ1v) is 11.6. The van der Waals surface area contributed by atoms with Gasteiger partial charge in [-0.2, -0.15) is 5.26 Å². The van der Waals surface area contributed by atoms with E-state index < -0.39 is 11.9 Å². The molecule has 0 radical (unpaired) electrons. The minimum atomic E-state index is -0.665. The minimum absolute atomic E-state index is 0.121. The topological polar surface area (TPSA) is 127 Å². The number of esters is 1. The van der Waals surface area contributed by atoms with Crippen LogP contribution in [0.3, 0.4) is 0 Å². The molecule has 0 saturated heterocycles. The molecule has 10 heteroatoms. The lowest BCUT2D eigenvalue weighted by Crippen LogP contribution is -2.21. The Balaban J connectivity index is 1.72. The predicted octanol–water partition coefficient (Wildman–Crippen LogP) is 5.01. The van der Waals surface area contributed by atoms with Gasteiger partial charge in [0.2, 0.25) is 0 Å². The van der Waals surface area contributed by atoms with E-state index in [2.05, 4.69) is 15.4 Å². The number of methoxy groups -OCH3 is 2. The zero-order valence-corrected chi connectivity index (χ0v) is 21.6. The van der Waals surface area contributed by atoms with Gasteiger partial charge < -0.3 is 24.8 Å². The zero-order valence-electron chi connectivity index (χ0n) is 20.8. The second kappa shape index (κ2) is 12.9. The number of carbonyl (C=O) groups excluding carboxylic acids is 3. The summed E-state index contributed by atoms with van der Waals surface area (Å²) in [6, 6.07) is 18.2. The molecule has 0 unspecified atom stereocenters. The predicted molar refractivity (Wildman–Crippen MR) is 143 cm³/mol. The SMILES string of the molecule is COC(=O)c1ccc(NC(=O)/C(C#N)=C\c2cc(Cl)c(OCC(=O)Nc3ccccc3C)c(OC)c2)cc1. The van der Waals surface area contributed by atoms with Crippen molar-refractivity contribution in [2.24, 2.45) is 0 Å². The molecule has 9 nitrogen and oxygen atoms in total. The van der Waals surface area contributed by atoms with Crippen molar-refractivity contribution in [3.63, 3.8) is 0 Å². The summed E-state index contributed by atoms with van der Waals surface area (Å²) in [5.41, 5.74) is 2.47. The maximum atomic E-state index is 12.7. The maximum absolute atomic E-state index is 12.7. The third-order valence-corrected chi connectivity index (χ3v) is 5.54. The average Bonchev–Trinajstić information content (AvgIpc) is 2.91. The van der Waals surface area contributed by atoms with E-state index in [-0.39, 0.29) is 34.6 Å². The summed E-state index contributed by atoms with van der Waals surface area (Å²) < 4.78 is 15.6. The van der Waals surface area contributed by atoms with E-state index in [9.17, 15) is 19.6 Å². The lowest BCUT2D eigenvalue weighted by molar-refractivity contribution is -0.118. The Bertz CT molecular complexity index is 1430. The van der Waals surface area contributed by atoms with Crippen LogP contribution in [0.5, 0.6) is 11.5 Å². The number of halogens is 1. The van der Waals surface area contributed by atoms with Crippen LogP contribution in [0.2, 0.25) is 5.02 Å². The number of para-hydroxylation sites is 1. The third-order valence-electron chi connectivity index (χ3n) is 5.26. The highest BCUT2D eigenvalue weighted by Gasteiger charge is 2.16. The first-order valence-electron chi connectivity index (χ1n) is 11.2. The average molecular weight is 534 g/mol. The van der Waals surface area contributed by atoms with Crippen LogP contribution >= 0.6 is 11.6 Å². The van der Waals surface area contributed by atoms with Crippen molar-refractivity contribution in [2.45, 2.75) is 6.92 Å². The molecule has 0 aromatic heterocycles. The summed E-state index contributed by atoms with van der Waals surface area (Å²) in [5.74, 6) is -1.21. The molecule has 0 bridgehead atoms. The van der Waals surface area contributed by atoms with Crippen LogP contribution in [0, 0.1) is 18.3 Å². The smallest absolute Gasteiger partial charge is 0.337 e. The molecule has 0 aliphatic rings. The fraction of sp³-hybridized carbons (Fsp3) is 0.143. The van der Waals surface area contributed by atoms with Crippen molar-refractivity contribution < 1.29 is 28.6 Å². The Morgan fingerprint density at radius 1 is 1.03 bits per heavy atom. The molecule has 0 atom stereocenters. The molecule has 38 heavy (non-hydrogen) atoms. The lowest BCUT2D eigenvalue weighted by atomic mass is 10.1. The number of hydrogen-bond donors (Lipinski definition) is 2. The fourth-order valence-corrected chi connectivity index (χ4v) is 3.60. The van der Waals surface area contributed by atoms with Crippen LogP contribution in [0.4, 0.5) is 11.4 Å². The number of ether oxygens (including phenoxy) is 3. The molecule has 0 fully saturated rings. The van der Waals surface area contributed by atoms with Gasteiger partial charge in [-0.05, 0) is 66.6 Å². The normalized spacial score (nSPS) is 10.7. The highest BCUT2D eigenvalue weighted by molar-refractivity contribution is 6.32. The largest absolute Gasteiger partial charge is 0.493 e. The number of rotatable bonds is 9. The number of nitriles is 1.